The number of carbonyl (C=O) groups is 3. The van der Waals surface area contributed by atoms with E-state index in [2.05, 4.69) is 23.0 Å². The Kier molecular flexibility index (Phi) is 19.4. The number of esters is 3. The Hall–Kier alpha value is -1.91. The standard InChI is InChI=1S/C20H38O2.C4H2O3/c1-3-5-6-7-8-9-10-11-12-13-14-15-16-17-18-19-20(21)22-4-2;5-3-1-2-4(6)7-3/h4H,2-3,5-19H2,1H3;1-2H. The number of hydrogen-bond acceptors (Lipinski definition) is 5. The molecule has 0 fully saturated rings. The summed E-state index contributed by atoms with van der Waals surface area (Å²) in [5, 5.41) is 0. The lowest BCUT2D eigenvalue weighted by Gasteiger charge is -2.03. The van der Waals surface area contributed by atoms with Crippen LogP contribution in [0.5, 0.6) is 0 Å². The van der Waals surface area contributed by atoms with Crippen molar-refractivity contribution in [2.24, 2.45) is 0 Å². The molecule has 1 heterocycles. The van der Waals surface area contributed by atoms with Crippen molar-refractivity contribution in [3.8, 4) is 0 Å². The Bertz CT molecular complexity index is 466. The minimum Gasteiger partial charge on any atom is -0.435 e. The van der Waals surface area contributed by atoms with Crippen LogP contribution >= 0.6 is 0 Å². The summed E-state index contributed by atoms with van der Waals surface area (Å²) in [5.74, 6) is -1.31. The highest BCUT2D eigenvalue weighted by atomic mass is 16.6. The van der Waals surface area contributed by atoms with Gasteiger partial charge in [-0.25, -0.2) is 9.59 Å². The Morgan fingerprint density at radius 3 is 1.48 bits per heavy atom. The largest absolute Gasteiger partial charge is 0.435 e. The van der Waals surface area contributed by atoms with E-state index >= 15 is 0 Å². The molecule has 0 N–H and O–H groups in total. The molecule has 5 heteroatoms. The van der Waals surface area contributed by atoms with Crippen LogP contribution in [0.25, 0.3) is 0 Å². The van der Waals surface area contributed by atoms with Crippen molar-refractivity contribution in [1.29, 1.82) is 0 Å². The van der Waals surface area contributed by atoms with E-state index in [9.17, 15) is 14.4 Å². The molecule has 1 rings (SSSR count). The summed E-state index contributed by atoms with van der Waals surface area (Å²) in [7, 11) is 0. The monoisotopic (exact) mass is 408 g/mol. The third-order valence-electron chi connectivity index (χ3n) is 4.76. The van der Waals surface area contributed by atoms with E-state index in [0.717, 1.165) is 25.0 Å². The molecule has 0 atom stereocenters. The fraction of sp³-hybridized carbons (Fsp3) is 0.708. The van der Waals surface area contributed by atoms with Crippen molar-refractivity contribution < 1.29 is 23.9 Å². The van der Waals surface area contributed by atoms with Gasteiger partial charge >= 0.3 is 17.9 Å². The summed E-state index contributed by atoms with van der Waals surface area (Å²) in [6.07, 6.45) is 24.1. The molecule has 0 bridgehead atoms. The van der Waals surface area contributed by atoms with Crippen molar-refractivity contribution in [1.82, 2.24) is 0 Å². The highest BCUT2D eigenvalue weighted by Gasteiger charge is 2.10. The smallest absolute Gasteiger partial charge is 0.338 e. The second-order valence-corrected chi connectivity index (χ2v) is 7.43. The van der Waals surface area contributed by atoms with E-state index < -0.39 is 11.9 Å². The molecule has 0 aromatic carbocycles. The van der Waals surface area contributed by atoms with Crippen molar-refractivity contribution in [2.75, 3.05) is 0 Å². The predicted octanol–water partition coefficient (Wildman–Crippen LogP) is 6.56. The molecule has 5 nitrogen and oxygen atoms in total. The number of cyclic esters (lactones) is 2. The van der Waals surface area contributed by atoms with Crippen LogP contribution in [-0.4, -0.2) is 17.9 Å². The Labute approximate surface area is 176 Å². The van der Waals surface area contributed by atoms with Gasteiger partial charge in [0.2, 0.25) is 0 Å². The van der Waals surface area contributed by atoms with Gasteiger partial charge in [-0.1, -0.05) is 103 Å². The lowest BCUT2D eigenvalue weighted by molar-refractivity contribution is -0.150. The maximum absolute atomic E-state index is 11.1. The summed E-state index contributed by atoms with van der Waals surface area (Å²) in [5.41, 5.74) is 0. The zero-order valence-electron chi connectivity index (χ0n) is 18.3. The van der Waals surface area contributed by atoms with Crippen molar-refractivity contribution in [3.05, 3.63) is 25.0 Å². The van der Waals surface area contributed by atoms with Gasteiger partial charge in [0.1, 0.15) is 0 Å². The molecule has 0 spiro atoms. The van der Waals surface area contributed by atoms with Crippen molar-refractivity contribution >= 4 is 17.9 Å². The van der Waals surface area contributed by atoms with E-state index in [1.165, 1.54) is 89.7 Å². The lowest BCUT2D eigenvalue weighted by atomic mass is 10.0. The average Bonchev–Trinajstić information content (AvgIpc) is 3.08. The van der Waals surface area contributed by atoms with Crippen LogP contribution in [0, 0.1) is 0 Å². The zero-order valence-corrected chi connectivity index (χ0v) is 18.3. The van der Waals surface area contributed by atoms with Crippen LogP contribution < -0.4 is 0 Å². The number of ether oxygens (including phenoxy) is 2. The van der Waals surface area contributed by atoms with Crippen molar-refractivity contribution in [3.63, 3.8) is 0 Å². The second kappa shape index (κ2) is 20.8. The van der Waals surface area contributed by atoms with Crippen LogP contribution in [0.3, 0.4) is 0 Å². The number of unbranched alkanes of at least 4 members (excludes halogenated alkanes) is 14. The molecule has 0 aliphatic carbocycles. The van der Waals surface area contributed by atoms with Gasteiger partial charge in [0, 0.05) is 18.6 Å². The summed E-state index contributed by atoms with van der Waals surface area (Å²) in [4.78, 5) is 30.9. The van der Waals surface area contributed by atoms with Gasteiger partial charge in [-0.15, -0.1) is 0 Å². The van der Waals surface area contributed by atoms with Crippen LogP contribution in [-0.2, 0) is 23.9 Å². The molecular formula is C24H40O5. The van der Waals surface area contributed by atoms with Gasteiger partial charge in [-0.3, -0.25) is 4.79 Å². The quantitative estimate of drug-likeness (QED) is 0.118. The summed E-state index contributed by atoms with van der Waals surface area (Å²) < 4.78 is 8.66. The van der Waals surface area contributed by atoms with Gasteiger partial charge in [-0.05, 0) is 6.42 Å². The van der Waals surface area contributed by atoms with Crippen LogP contribution in [0.15, 0.2) is 25.0 Å². The van der Waals surface area contributed by atoms with Gasteiger partial charge < -0.3 is 9.47 Å². The number of rotatable bonds is 17. The molecule has 1 aliphatic rings. The van der Waals surface area contributed by atoms with Crippen LogP contribution in [0.1, 0.15) is 110 Å². The first-order valence-electron chi connectivity index (χ1n) is 11.3. The van der Waals surface area contributed by atoms with Crippen LogP contribution in [0.4, 0.5) is 0 Å². The van der Waals surface area contributed by atoms with E-state index in [-0.39, 0.29) is 5.97 Å². The summed E-state index contributed by atoms with van der Waals surface area (Å²) >= 11 is 0. The van der Waals surface area contributed by atoms with E-state index in [1.54, 1.807) is 0 Å². The minimum absolute atomic E-state index is 0.148. The molecule has 0 aromatic rings. The molecule has 0 saturated heterocycles. The predicted molar refractivity (Wildman–Crippen MR) is 116 cm³/mol. The molecule has 0 amide bonds. The minimum atomic E-state index is -0.579. The zero-order chi connectivity index (χ0) is 21.6. The first-order valence-corrected chi connectivity index (χ1v) is 11.3. The maximum Gasteiger partial charge on any atom is 0.338 e. The fourth-order valence-electron chi connectivity index (χ4n) is 3.10. The van der Waals surface area contributed by atoms with E-state index in [0.29, 0.717) is 6.42 Å². The lowest BCUT2D eigenvalue weighted by Crippen LogP contribution is -1.98. The molecule has 0 radical (unpaired) electrons. The summed E-state index contributed by atoms with van der Waals surface area (Å²) in [6, 6.07) is 0. The topological polar surface area (TPSA) is 69.7 Å². The molecule has 29 heavy (non-hydrogen) atoms. The highest BCUT2D eigenvalue weighted by molar-refractivity contribution is 6.04. The Morgan fingerprint density at radius 2 is 1.17 bits per heavy atom. The normalized spacial score (nSPS) is 12.3. The molecule has 166 valence electrons. The third-order valence-corrected chi connectivity index (χ3v) is 4.76. The number of hydrogen-bond donors (Lipinski definition) is 0. The third kappa shape index (κ3) is 20.6. The van der Waals surface area contributed by atoms with E-state index in [1.807, 2.05) is 0 Å². The molecule has 0 unspecified atom stereocenters. The molecule has 0 saturated carbocycles. The first kappa shape index (κ1) is 27.1. The molecule has 1 aliphatic heterocycles. The summed E-state index contributed by atoms with van der Waals surface area (Å²) in [6.45, 7) is 5.65. The fourth-order valence-corrected chi connectivity index (χ4v) is 3.10. The average molecular weight is 409 g/mol. The Morgan fingerprint density at radius 1 is 0.793 bits per heavy atom. The highest BCUT2D eigenvalue weighted by Crippen LogP contribution is 2.13. The van der Waals surface area contributed by atoms with Gasteiger partial charge in [0.05, 0.1) is 6.26 Å². The van der Waals surface area contributed by atoms with Crippen molar-refractivity contribution in [2.45, 2.75) is 110 Å². The van der Waals surface area contributed by atoms with Gasteiger partial charge in [-0.2, -0.15) is 0 Å². The first-order chi connectivity index (χ1) is 14.1. The SMILES string of the molecule is C=COC(=O)CCCCCCCCCCCCCCCCC.O=C1C=CC(=O)O1. The van der Waals surface area contributed by atoms with Gasteiger partial charge in [0.25, 0.3) is 0 Å². The molecule has 0 aromatic heterocycles. The Balaban J connectivity index is 0.000000929. The van der Waals surface area contributed by atoms with E-state index in [4.69, 9.17) is 0 Å². The second-order valence-electron chi connectivity index (χ2n) is 7.43. The molecular weight excluding hydrogens is 368 g/mol. The maximum atomic E-state index is 11.1. The van der Waals surface area contributed by atoms with Crippen LogP contribution in [0.2, 0.25) is 0 Å². The number of carbonyl (C=O) groups excluding carboxylic acids is 3. The van der Waals surface area contributed by atoms with Gasteiger partial charge in [0.15, 0.2) is 0 Å².